The molecule has 6 heteroatoms. The molecule has 6 nitrogen and oxygen atoms in total. The summed E-state index contributed by atoms with van der Waals surface area (Å²) < 4.78 is 0. The Labute approximate surface area is 102 Å². The van der Waals surface area contributed by atoms with Crippen molar-refractivity contribution in [2.75, 3.05) is 32.9 Å². The lowest BCUT2D eigenvalue weighted by Gasteiger charge is -2.09. The Morgan fingerprint density at radius 2 is 2.18 bits per heavy atom. The van der Waals surface area contributed by atoms with Crippen LogP contribution in [0.3, 0.4) is 0 Å². The largest absolute Gasteiger partial charge is 0.382 e. The normalized spacial score (nSPS) is 10.8. The molecule has 0 saturated carbocycles. The van der Waals surface area contributed by atoms with Crippen LogP contribution in [0.15, 0.2) is 0 Å². The lowest BCUT2D eigenvalue weighted by molar-refractivity contribution is 0.0953. The van der Waals surface area contributed by atoms with Gasteiger partial charge in [0.05, 0.1) is 0 Å². The smallest absolute Gasteiger partial charge is 0.256 e. The summed E-state index contributed by atoms with van der Waals surface area (Å²) in [5.74, 6) is 0.104. The Morgan fingerprint density at radius 1 is 1.47 bits per heavy atom. The molecule has 0 unspecified atom stereocenters. The number of unbranched alkanes of at least 4 members (excludes halogenated alkanes) is 1. The maximum atomic E-state index is 11.8. The van der Waals surface area contributed by atoms with Gasteiger partial charge in [-0.2, -0.15) is 5.10 Å². The van der Waals surface area contributed by atoms with Crippen molar-refractivity contribution in [2.24, 2.45) is 0 Å². The molecule has 0 aliphatic heterocycles. The number of nitrogens with two attached hydrogens (primary N) is 1. The van der Waals surface area contributed by atoms with Crippen LogP contribution in [-0.2, 0) is 0 Å². The SMILES string of the molecule is Cc1[nH]nc(N)c1C(=O)NCCCCN(C)C. The summed E-state index contributed by atoms with van der Waals surface area (Å²) in [6.45, 7) is 3.48. The molecule has 0 spiro atoms. The average Bonchev–Trinajstić information content (AvgIpc) is 2.57. The number of nitrogens with one attached hydrogen (secondary N) is 2. The van der Waals surface area contributed by atoms with Crippen molar-refractivity contribution in [1.82, 2.24) is 20.4 Å². The molecular weight excluding hydrogens is 218 g/mol. The molecule has 0 aliphatic carbocycles. The van der Waals surface area contributed by atoms with Crippen molar-refractivity contribution in [1.29, 1.82) is 0 Å². The second-order valence-electron chi connectivity index (χ2n) is 4.38. The number of nitrogen functional groups attached to an aromatic ring is 1. The summed E-state index contributed by atoms with van der Waals surface area (Å²) in [6, 6.07) is 0. The summed E-state index contributed by atoms with van der Waals surface area (Å²) in [5, 5.41) is 9.32. The number of rotatable bonds is 6. The first-order chi connectivity index (χ1) is 8.02. The maximum Gasteiger partial charge on any atom is 0.256 e. The van der Waals surface area contributed by atoms with E-state index < -0.39 is 0 Å². The molecule has 4 N–H and O–H groups in total. The van der Waals surface area contributed by atoms with E-state index in [9.17, 15) is 4.79 Å². The first-order valence-corrected chi connectivity index (χ1v) is 5.75. The number of carbonyl (C=O) groups excluding carboxylic acids is 1. The Bertz CT molecular complexity index is 352. The Kier molecular flexibility index (Phi) is 4.96. The number of hydrogen-bond acceptors (Lipinski definition) is 4. The van der Waals surface area contributed by atoms with E-state index in [0.717, 1.165) is 19.4 Å². The van der Waals surface area contributed by atoms with Gasteiger partial charge in [-0.15, -0.1) is 0 Å². The van der Waals surface area contributed by atoms with Crippen molar-refractivity contribution in [3.63, 3.8) is 0 Å². The van der Waals surface area contributed by atoms with Crippen molar-refractivity contribution in [2.45, 2.75) is 19.8 Å². The lowest BCUT2D eigenvalue weighted by atomic mass is 10.2. The molecular formula is C11H21N5O. The third-order valence-electron chi connectivity index (χ3n) is 2.52. The summed E-state index contributed by atoms with van der Waals surface area (Å²) in [4.78, 5) is 13.9. The van der Waals surface area contributed by atoms with Crippen LogP contribution in [0, 0.1) is 6.92 Å². The predicted molar refractivity (Wildman–Crippen MR) is 67.9 cm³/mol. The number of amides is 1. The van der Waals surface area contributed by atoms with E-state index in [2.05, 4.69) is 20.4 Å². The second-order valence-corrected chi connectivity index (χ2v) is 4.38. The molecule has 0 bridgehead atoms. The molecule has 0 saturated heterocycles. The fraction of sp³-hybridized carbons (Fsp3) is 0.636. The molecule has 0 aliphatic rings. The van der Waals surface area contributed by atoms with Crippen LogP contribution in [0.1, 0.15) is 28.9 Å². The first-order valence-electron chi connectivity index (χ1n) is 5.75. The van der Waals surface area contributed by atoms with Crippen molar-refractivity contribution in [3.8, 4) is 0 Å². The molecule has 0 atom stereocenters. The van der Waals surface area contributed by atoms with Crippen LogP contribution in [0.2, 0.25) is 0 Å². The standard InChI is InChI=1S/C11H21N5O/c1-8-9(10(12)15-14-8)11(17)13-6-4-5-7-16(2)3/h4-7H2,1-3H3,(H,13,17)(H3,12,14,15). The zero-order chi connectivity index (χ0) is 12.8. The van der Waals surface area contributed by atoms with E-state index in [0.29, 0.717) is 17.8 Å². The van der Waals surface area contributed by atoms with Gasteiger partial charge in [-0.25, -0.2) is 0 Å². The van der Waals surface area contributed by atoms with E-state index in [1.165, 1.54) is 0 Å². The zero-order valence-electron chi connectivity index (χ0n) is 10.7. The van der Waals surface area contributed by atoms with Gasteiger partial charge in [-0.1, -0.05) is 0 Å². The third-order valence-corrected chi connectivity index (χ3v) is 2.52. The molecule has 1 aromatic rings. The van der Waals surface area contributed by atoms with E-state index in [4.69, 9.17) is 5.73 Å². The molecule has 17 heavy (non-hydrogen) atoms. The third kappa shape index (κ3) is 4.07. The Morgan fingerprint density at radius 3 is 2.71 bits per heavy atom. The number of aromatic nitrogens is 2. The lowest BCUT2D eigenvalue weighted by Crippen LogP contribution is -2.26. The molecule has 0 aromatic carbocycles. The highest BCUT2D eigenvalue weighted by molar-refractivity contribution is 5.99. The Balaban J connectivity index is 2.31. The van der Waals surface area contributed by atoms with Gasteiger partial charge in [0.1, 0.15) is 5.56 Å². The van der Waals surface area contributed by atoms with E-state index in [-0.39, 0.29) is 11.7 Å². The van der Waals surface area contributed by atoms with Crippen LogP contribution < -0.4 is 11.1 Å². The number of carbonyl (C=O) groups is 1. The highest BCUT2D eigenvalue weighted by Crippen LogP contribution is 2.11. The van der Waals surface area contributed by atoms with Crippen LogP contribution >= 0.6 is 0 Å². The quantitative estimate of drug-likeness (QED) is 0.626. The second kappa shape index (κ2) is 6.24. The van der Waals surface area contributed by atoms with Gasteiger partial charge in [0, 0.05) is 12.2 Å². The summed E-state index contributed by atoms with van der Waals surface area (Å²) >= 11 is 0. The van der Waals surface area contributed by atoms with Crippen LogP contribution in [0.25, 0.3) is 0 Å². The highest BCUT2D eigenvalue weighted by Gasteiger charge is 2.14. The predicted octanol–water partition coefficient (Wildman–Crippen LogP) is 0.372. The molecule has 1 rings (SSSR count). The summed E-state index contributed by atoms with van der Waals surface area (Å²) in [7, 11) is 4.07. The number of aryl methyl sites for hydroxylation is 1. The van der Waals surface area contributed by atoms with Crippen LogP contribution in [0.4, 0.5) is 5.82 Å². The van der Waals surface area contributed by atoms with Crippen molar-refractivity contribution < 1.29 is 4.79 Å². The Hall–Kier alpha value is -1.56. The molecule has 96 valence electrons. The minimum atomic E-state index is -0.154. The summed E-state index contributed by atoms with van der Waals surface area (Å²) in [5.41, 5.74) is 6.76. The number of H-pyrrole nitrogens is 1. The number of aromatic amines is 1. The zero-order valence-corrected chi connectivity index (χ0v) is 10.7. The number of anilines is 1. The van der Waals surface area contributed by atoms with Crippen molar-refractivity contribution in [3.05, 3.63) is 11.3 Å². The van der Waals surface area contributed by atoms with Gasteiger partial charge in [0.15, 0.2) is 5.82 Å². The minimum Gasteiger partial charge on any atom is -0.382 e. The molecule has 1 amide bonds. The van der Waals surface area contributed by atoms with E-state index in [1.54, 1.807) is 6.92 Å². The van der Waals surface area contributed by atoms with E-state index >= 15 is 0 Å². The van der Waals surface area contributed by atoms with Gasteiger partial charge in [-0.3, -0.25) is 9.89 Å². The van der Waals surface area contributed by atoms with Crippen molar-refractivity contribution >= 4 is 11.7 Å². The maximum absolute atomic E-state index is 11.8. The van der Waals surface area contributed by atoms with Crippen LogP contribution in [0.5, 0.6) is 0 Å². The fourth-order valence-corrected chi connectivity index (χ4v) is 1.58. The van der Waals surface area contributed by atoms with Gasteiger partial charge in [0.25, 0.3) is 5.91 Å². The number of nitrogens with zero attached hydrogens (tertiary/aromatic N) is 2. The fourth-order valence-electron chi connectivity index (χ4n) is 1.58. The molecule has 1 heterocycles. The number of hydrogen-bond donors (Lipinski definition) is 3. The van der Waals surface area contributed by atoms with Crippen LogP contribution in [-0.4, -0.2) is 48.2 Å². The topological polar surface area (TPSA) is 87.0 Å². The minimum absolute atomic E-state index is 0.154. The summed E-state index contributed by atoms with van der Waals surface area (Å²) in [6.07, 6.45) is 2.02. The first kappa shape index (κ1) is 13.5. The molecule has 0 fully saturated rings. The average molecular weight is 239 g/mol. The van der Waals surface area contributed by atoms with Gasteiger partial charge >= 0.3 is 0 Å². The molecule has 1 aromatic heterocycles. The molecule has 0 radical (unpaired) electrons. The highest BCUT2D eigenvalue weighted by atomic mass is 16.1. The van der Waals surface area contributed by atoms with Gasteiger partial charge in [-0.05, 0) is 40.4 Å². The van der Waals surface area contributed by atoms with Gasteiger partial charge < -0.3 is 16.0 Å². The monoisotopic (exact) mass is 239 g/mol. The van der Waals surface area contributed by atoms with Gasteiger partial charge in [0.2, 0.25) is 0 Å². The van der Waals surface area contributed by atoms with E-state index in [1.807, 2.05) is 14.1 Å².